The molecule has 0 saturated carbocycles. The summed E-state index contributed by atoms with van der Waals surface area (Å²) in [6.07, 6.45) is 2.69. The summed E-state index contributed by atoms with van der Waals surface area (Å²) >= 11 is 0. The summed E-state index contributed by atoms with van der Waals surface area (Å²) in [4.78, 5) is 36.4. The monoisotopic (exact) mass is 384 g/mol. The fourth-order valence-electron chi connectivity index (χ4n) is 2.94. The number of carboxylic acids is 1. The van der Waals surface area contributed by atoms with Crippen LogP contribution in [0.2, 0.25) is 0 Å². The molecular weight excluding hydrogens is 352 g/mol. The molecule has 1 heterocycles. The lowest BCUT2D eigenvalue weighted by molar-refractivity contribution is -0.142. The predicted molar refractivity (Wildman–Crippen MR) is 101 cm³/mol. The minimum Gasteiger partial charge on any atom is -0.480 e. The van der Waals surface area contributed by atoms with Gasteiger partial charge in [-0.25, -0.2) is 4.79 Å². The van der Waals surface area contributed by atoms with Crippen molar-refractivity contribution < 1.29 is 19.5 Å². The lowest BCUT2D eigenvalue weighted by atomic mass is 10.0. The van der Waals surface area contributed by atoms with Crippen LogP contribution in [0.25, 0.3) is 0 Å². The third-order valence-corrected chi connectivity index (χ3v) is 4.32. The van der Waals surface area contributed by atoms with E-state index < -0.39 is 24.0 Å². The maximum absolute atomic E-state index is 12.6. The van der Waals surface area contributed by atoms with E-state index in [0.29, 0.717) is 32.2 Å². The van der Waals surface area contributed by atoms with Gasteiger partial charge in [0.2, 0.25) is 11.8 Å². The molecule has 1 aliphatic heterocycles. The first-order valence-electron chi connectivity index (χ1n) is 9.35. The van der Waals surface area contributed by atoms with E-state index in [9.17, 15) is 19.5 Å². The standard InChI is InChI=1S/C17H32N6O4/c1-10(2)9-13(16(26)27)23-15(25)12(6-4-8-21-17(18)19)22-14(24)11-5-3-7-20-11/h10-13,20H,3-9H2,1-2H3,(H,22,24)(H,23,25)(H,26,27)(H4,18,19,21)/t11-,12-,13-/m0/s1. The molecular formula is C17H32N6O4. The molecule has 0 aromatic heterocycles. The van der Waals surface area contributed by atoms with Crippen LogP contribution in [0.5, 0.6) is 0 Å². The summed E-state index contributed by atoms with van der Waals surface area (Å²) in [5.41, 5.74) is 5.23. The Hall–Kier alpha value is -2.36. The van der Waals surface area contributed by atoms with Crippen LogP contribution in [0.1, 0.15) is 46.0 Å². The summed E-state index contributed by atoms with van der Waals surface area (Å²) < 4.78 is 0. The van der Waals surface area contributed by atoms with Gasteiger partial charge in [-0.3, -0.25) is 15.0 Å². The van der Waals surface area contributed by atoms with Gasteiger partial charge in [0.25, 0.3) is 0 Å². The highest BCUT2D eigenvalue weighted by atomic mass is 16.4. The topological polar surface area (TPSA) is 169 Å². The fourth-order valence-corrected chi connectivity index (χ4v) is 2.94. The largest absolute Gasteiger partial charge is 0.480 e. The molecule has 0 aromatic carbocycles. The van der Waals surface area contributed by atoms with E-state index in [1.54, 1.807) is 0 Å². The molecule has 1 aliphatic rings. The SMILES string of the molecule is CC(C)C[C@H](NC(=O)[C@H](CCCNC(=N)N)NC(=O)[C@@H]1CCCN1)C(=O)O. The summed E-state index contributed by atoms with van der Waals surface area (Å²) in [5.74, 6) is -1.95. The number of carboxylic acid groups (broad SMARTS) is 1. The molecule has 1 rings (SSSR count). The number of nitrogens with one attached hydrogen (secondary N) is 5. The molecule has 0 bridgehead atoms. The maximum atomic E-state index is 12.6. The Morgan fingerprint density at radius 1 is 1.26 bits per heavy atom. The molecule has 8 N–H and O–H groups in total. The van der Waals surface area contributed by atoms with Crippen LogP contribution >= 0.6 is 0 Å². The Morgan fingerprint density at radius 2 is 1.96 bits per heavy atom. The average molecular weight is 384 g/mol. The minimum atomic E-state index is -1.10. The van der Waals surface area contributed by atoms with Crippen molar-refractivity contribution in [2.24, 2.45) is 11.7 Å². The number of hydrogen-bond donors (Lipinski definition) is 7. The third-order valence-electron chi connectivity index (χ3n) is 4.32. The van der Waals surface area contributed by atoms with E-state index in [2.05, 4.69) is 21.3 Å². The predicted octanol–water partition coefficient (Wildman–Crippen LogP) is -0.898. The van der Waals surface area contributed by atoms with Gasteiger partial charge in [-0.1, -0.05) is 13.8 Å². The van der Waals surface area contributed by atoms with Crippen molar-refractivity contribution in [1.82, 2.24) is 21.3 Å². The van der Waals surface area contributed by atoms with E-state index in [-0.39, 0.29) is 23.8 Å². The second kappa shape index (κ2) is 11.4. The van der Waals surface area contributed by atoms with Crippen molar-refractivity contribution in [2.75, 3.05) is 13.1 Å². The van der Waals surface area contributed by atoms with Gasteiger partial charge in [0, 0.05) is 6.54 Å². The lowest BCUT2D eigenvalue weighted by Gasteiger charge is -2.23. The number of nitrogens with two attached hydrogens (primary N) is 1. The lowest BCUT2D eigenvalue weighted by Crippen LogP contribution is -2.54. The Kier molecular flexibility index (Phi) is 9.55. The Morgan fingerprint density at radius 3 is 2.48 bits per heavy atom. The molecule has 0 spiro atoms. The molecule has 10 heteroatoms. The van der Waals surface area contributed by atoms with Crippen LogP contribution in [0.15, 0.2) is 0 Å². The molecule has 0 aromatic rings. The fraction of sp³-hybridized carbons (Fsp3) is 0.765. The van der Waals surface area contributed by atoms with Crippen molar-refractivity contribution in [3.8, 4) is 0 Å². The van der Waals surface area contributed by atoms with Crippen LogP contribution in [0.3, 0.4) is 0 Å². The molecule has 3 atom stereocenters. The van der Waals surface area contributed by atoms with Crippen LogP contribution in [-0.4, -0.2) is 60.1 Å². The maximum Gasteiger partial charge on any atom is 0.326 e. The van der Waals surface area contributed by atoms with E-state index in [1.807, 2.05) is 13.8 Å². The Labute approximate surface area is 159 Å². The van der Waals surface area contributed by atoms with Gasteiger partial charge in [-0.15, -0.1) is 0 Å². The Balaban J connectivity index is 2.70. The van der Waals surface area contributed by atoms with Crippen molar-refractivity contribution in [2.45, 2.75) is 64.1 Å². The number of hydrogen-bond acceptors (Lipinski definition) is 5. The zero-order chi connectivity index (χ0) is 20.4. The zero-order valence-corrected chi connectivity index (χ0v) is 16.0. The summed E-state index contributed by atoms with van der Waals surface area (Å²) in [7, 11) is 0. The minimum absolute atomic E-state index is 0.0990. The van der Waals surface area contributed by atoms with Gasteiger partial charge in [0.15, 0.2) is 5.96 Å². The van der Waals surface area contributed by atoms with Crippen molar-refractivity contribution >= 4 is 23.7 Å². The molecule has 10 nitrogen and oxygen atoms in total. The van der Waals surface area contributed by atoms with Crippen LogP contribution in [-0.2, 0) is 14.4 Å². The van der Waals surface area contributed by atoms with E-state index in [1.165, 1.54) is 0 Å². The highest BCUT2D eigenvalue weighted by Gasteiger charge is 2.29. The van der Waals surface area contributed by atoms with Gasteiger partial charge in [-0.05, 0) is 44.6 Å². The number of carbonyl (C=O) groups excluding carboxylic acids is 2. The first-order valence-corrected chi connectivity index (χ1v) is 9.35. The normalized spacial score (nSPS) is 18.6. The van der Waals surface area contributed by atoms with Crippen LogP contribution < -0.4 is 27.0 Å². The molecule has 27 heavy (non-hydrogen) atoms. The molecule has 154 valence electrons. The molecule has 2 amide bonds. The number of aliphatic carboxylic acids is 1. The molecule has 0 aliphatic carbocycles. The van der Waals surface area contributed by atoms with E-state index >= 15 is 0 Å². The van der Waals surface area contributed by atoms with Gasteiger partial charge in [0.1, 0.15) is 12.1 Å². The van der Waals surface area contributed by atoms with Crippen LogP contribution in [0, 0.1) is 11.3 Å². The molecule has 0 radical (unpaired) electrons. The smallest absolute Gasteiger partial charge is 0.326 e. The third kappa shape index (κ3) is 8.72. The van der Waals surface area contributed by atoms with Crippen molar-refractivity contribution in [3.63, 3.8) is 0 Å². The van der Waals surface area contributed by atoms with Gasteiger partial charge < -0.3 is 32.1 Å². The Bertz CT molecular complexity index is 534. The summed E-state index contributed by atoms with van der Waals surface area (Å²) in [6.45, 7) is 4.89. The first-order chi connectivity index (χ1) is 12.7. The average Bonchev–Trinajstić information content (AvgIpc) is 3.10. The first kappa shape index (κ1) is 22.7. The second-order valence-electron chi connectivity index (χ2n) is 7.22. The van der Waals surface area contributed by atoms with Crippen molar-refractivity contribution in [3.05, 3.63) is 0 Å². The van der Waals surface area contributed by atoms with E-state index in [4.69, 9.17) is 11.1 Å². The number of carbonyl (C=O) groups is 3. The van der Waals surface area contributed by atoms with Gasteiger partial charge in [0.05, 0.1) is 6.04 Å². The van der Waals surface area contributed by atoms with Gasteiger partial charge >= 0.3 is 5.97 Å². The summed E-state index contributed by atoms with van der Waals surface area (Å²) in [5, 5.41) is 27.4. The van der Waals surface area contributed by atoms with Crippen molar-refractivity contribution in [1.29, 1.82) is 5.41 Å². The quantitative estimate of drug-likeness (QED) is 0.137. The number of amides is 2. The number of rotatable bonds is 11. The van der Waals surface area contributed by atoms with E-state index in [0.717, 1.165) is 13.0 Å². The number of guanidine groups is 1. The molecule has 1 fully saturated rings. The second-order valence-corrected chi connectivity index (χ2v) is 7.22. The molecule has 1 saturated heterocycles. The highest BCUT2D eigenvalue weighted by molar-refractivity contribution is 5.91. The van der Waals surface area contributed by atoms with Gasteiger partial charge in [-0.2, -0.15) is 0 Å². The highest BCUT2D eigenvalue weighted by Crippen LogP contribution is 2.08. The zero-order valence-electron chi connectivity index (χ0n) is 16.0. The van der Waals surface area contributed by atoms with Crippen LogP contribution in [0.4, 0.5) is 0 Å². The molecule has 0 unspecified atom stereocenters. The summed E-state index contributed by atoms with van der Waals surface area (Å²) in [6, 6.07) is -2.18.